The molecule has 2 saturated carbocycles. The average molecular weight is 398 g/mol. The van der Waals surface area contributed by atoms with Gasteiger partial charge in [-0.05, 0) is 85.6 Å². The van der Waals surface area contributed by atoms with Gasteiger partial charge in [-0.3, -0.25) is 4.98 Å². The number of aliphatic hydroxyl groups is 1. The highest BCUT2D eigenvalue weighted by molar-refractivity contribution is 5.82. The van der Waals surface area contributed by atoms with Crippen LogP contribution in [0.25, 0.3) is 16.4 Å². The first-order chi connectivity index (χ1) is 14.8. The molecule has 2 fully saturated rings. The first-order valence-corrected chi connectivity index (χ1v) is 11.3. The Morgan fingerprint density at radius 3 is 2.47 bits per heavy atom. The molecule has 0 aliphatic heterocycles. The lowest BCUT2D eigenvalue weighted by atomic mass is 9.75. The Bertz CT molecular complexity index is 1200. The summed E-state index contributed by atoms with van der Waals surface area (Å²) in [6.45, 7) is 0. The summed E-state index contributed by atoms with van der Waals surface area (Å²) in [6, 6.07) is 15.0. The fourth-order valence-electron chi connectivity index (χ4n) is 5.53. The lowest BCUT2D eigenvalue weighted by Gasteiger charge is -2.33. The van der Waals surface area contributed by atoms with Crippen LogP contribution in [0.15, 0.2) is 61.2 Å². The van der Waals surface area contributed by atoms with Crippen molar-refractivity contribution in [2.75, 3.05) is 0 Å². The van der Waals surface area contributed by atoms with Gasteiger partial charge in [0.2, 0.25) is 0 Å². The largest absolute Gasteiger partial charge is 0.387 e. The molecule has 152 valence electrons. The molecule has 0 unspecified atom stereocenters. The first kappa shape index (κ1) is 18.1. The second kappa shape index (κ2) is 7.21. The van der Waals surface area contributed by atoms with E-state index in [-0.39, 0.29) is 0 Å². The number of aliphatic hydroxyl groups excluding tert-OH is 1. The van der Waals surface area contributed by atoms with Crippen LogP contribution in [-0.4, -0.2) is 19.5 Å². The van der Waals surface area contributed by atoms with Crippen molar-refractivity contribution in [3.63, 3.8) is 0 Å². The number of hydrogen-bond donors (Lipinski definition) is 1. The van der Waals surface area contributed by atoms with Gasteiger partial charge in [-0.25, -0.2) is 4.98 Å². The maximum atomic E-state index is 11.5. The number of hydrogen-bond acceptors (Lipinski definition) is 3. The summed E-state index contributed by atoms with van der Waals surface area (Å²) in [6.07, 6.45) is 12.1. The number of pyridine rings is 2. The third-order valence-corrected chi connectivity index (χ3v) is 7.29. The molecule has 2 aliphatic carbocycles. The molecule has 1 aromatic carbocycles. The summed E-state index contributed by atoms with van der Waals surface area (Å²) < 4.78 is 2.13. The zero-order valence-corrected chi connectivity index (χ0v) is 17.1. The molecule has 4 nitrogen and oxygen atoms in total. The second-order valence-electron chi connectivity index (χ2n) is 9.11. The quantitative estimate of drug-likeness (QED) is 0.476. The van der Waals surface area contributed by atoms with Gasteiger partial charge in [-0.1, -0.05) is 24.3 Å². The summed E-state index contributed by atoms with van der Waals surface area (Å²) >= 11 is 0. The molecular formula is C26H27N3O. The third-order valence-electron chi connectivity index (χ3n) is 7.29. The van der Waals surface area contributed by atoms with Crippen LogP contribution < -0.4 is 0 Å². The fourth-order valence-corrected chi connectivity index (χ4v) is 5.53. The molecular weight excluding hydrogens is 370 g/mol. The Morgan fingerprint density at radius 1 is 0.867 bits per heavy atom. The van der Waals surface area contributed by atoms with Gasteiger partial charge in [-0.15, -0.1) is 0 Å². The standard InChI is InChI=1S/C26H27N3O/c30-26(25-22(18-5-6-18)12-11-20-15-27-16-29(20)25)19-9-7-17(8-10-19)21-13-14-28-24-4-2-1-3-23(21)24/h1-4,11-19,26,30H,5-10H2/t17-,19-,26-/m1/s1. The molecule has 0 saturated heterocycles. The molecule has 0 amide bonds. The Morgan fingerprint density at radius 2 is 1.63 bits per heavy atom. The van der Waals surface area contributed by atoms with Crippen LogP contribution in [0.5, 0.6) is 0 Å². The van der Waals surface area contributed by atoms with Crippen LogP contribution in [-0.2, 0) is 0 Å². The van der Waals surface area contributed by atoms with Crippen molar-refractivity contribution in [3.8, 4) is 0 Å². The zero-order valence-electron chi connectivity index (χ0n) is 17.1. The van der Waals surface area contributed by atoms with Crippen LogP contribution in [0.4, 0.5) is 0 Å². The Hall–Kier alpha value is -2.72. The van der Waals surface area contributed by atoms with Gasteiger partial charge in [0, 0.05) is 11.6 Å². The van der Waals surface area contributed by atoms with Crippen molar-refractivity contribution in [2.45, 2.75) is 56.5 Å². The van der Waals surface area contributed by atoms with Gasteiger partial charge in [0.15, 0.2) is 0 Å². The number of nitrogens with zero attached hydrogens (tertiary/aromatic N) is 3. The molecule has 6 rings (SSSR count). The molecule has 2 aliphatic rings. The lowest BCUT2D eigenvalue weighted by molar-refractivity contribution is 0.0755. The van der Waals surface area contributed by atoms with Gasteiger partial charge in [0.25, 0.3) is 0 Å². The molecule has 4 aromatic rings. The number of fused-ring (bicyclic) bond motifs is 2. The number of rotatable bonds is 4. The van der Waals surface area contributed by atoms with E-state index >= 15 is 0 Å². The van der Waals surface area contributed by atoms with Gasteiger partial charge in [0.05, 0.1) is 35.4 Å². The molecule has 0 spiro atoms. The van der Waals surface area contributed by atoms with E-state index < -0.39 is 6.10 Å². The number of aromatic nitrogens is 3. The van der Waals surface area contributed by atoms with Crippen molar-refractivity contribution < 1.29 is 5.11 Å². The molecule has 30 heavy (non-hydrogen) atoms. The zero-order chi connectivity index (χ0) is 20.1. The van der Waals surface area contributed by atoms with Crippen molar-refractivity contribution in [3.05, 3.63) is 78.0 Å². The molecule has 4 heteroatoms. The first-order valence-electron chi connectivity index (χ1n) is 11.3. The van der Waals surface area contributed by atoms with Crippen LogP contribution in [0.1, 0.15) is 73.3 Å². The minimum atomic E-state index is -0.423. The predicted molar refractivity (Wildman–Crippen MR) is 119 cm³/mol. The summed E-state index contributed by atoms with van der Waals surface area (Å²) in [5, 5.41) is 12.8. The van der Waals surface area contributed by atoms with Crippen molar-refractivity contribution in [2.24, 2.45) is 5.92 Å². The summed E-state index contributed by atoms with van der Waals surface area (Å²) in [7, 11) is 0. The Kier molecular flexibility index (Phi) is 4.34. The number of benzene rings is 1. The Balaban J connectivity index is 1.27. The summed E-state index contributed by atoms with van der Waals surface area (Å²) in [4.78, 5) is 8.86. The molecule has 1 N–H and O–H groups in total. The molecule has 3 aromatic heterocycles. The maximum absolute atomic E-state index is 11.5. The van der Waals surface area contributed by atoms with Gasteiger partial charge < -0.3 is 9.51 Å². The van der Waals surface area contributed by atoms with Gasteiger partial charge in [0.1, 0.15) is 0 Å². The molecule has 1 atom stereocenters. The van der Waals surface area contributed by atoms with Crippen LogP contribution in [0, 0.1) is 5.92 Å². The minimum Gasteiger partial charge on any atom is -0.387 e. The van der Waals surface area contributed by atoms with E-state index in [2.05, 4.69) is 56.8 Å². The van der Waals surface area contributed by atoms with E-state index in [1.54, 1.807) is 0 Å². The van der Waals surface area contributed by atoms with Crippen molar-refractivity contribution in [1.29, 1.82) is 0 Å². The van der Waals surface area contributed by atoms with E-state index in [4.69, 9.17) is 0 Å². The van der Waals surface area contributed by atoms with E-state index in [9.17, 15) is 5.11 Å². The van der Waals surface area contributed by atoms with Gasteiger partial charge in [-0.2, -0.15) is 0 Å². The number of imidazole rings is 1. The van der Waals surface area contributed by atoms with Gasteiger partial charge >= 0.3 is 0 Å². The predicted octanol–water partition coefficient (Wildman–Crippen LogP) is 5.77. The highest BCUT2D eigenvalue weighted by atomic mass is 16.3. The monoisotopic (exact) mass is 397 g/mol. The summed E-state index contributed by atoms with van der Waals surface area (Å²) in [5.74, 6) is 1.47. The van der Waals surface area contributed by atoms with E-state index in [1.165, 1.54) is 29.4 Å². The number of para-hydroxylation sites is 1. The fraction of sp³-hybridized carbons (Fsp3) is 0.385. The summed E-state index contributed by atoms with van der Waals surface area (Å²) in [5.41, 5.74) is 5.99. The second-order valence-corrected chi connectivity index (χ2v) is 9.11. The minimum absolute atomic E-state index is 0.305. The van der Waals surface area contributed by atoms with Crippen molar-refractivity contribution >= 4 is 16.4 Å². The SMILES string of the molecule is O[C@@H](c1c(C2CC2)ccc2cncn12)[C@H]1CC[C@H](c2ccnc3ccccc32)CC1. The highest BCUT2D eigenvalue weighted by Crippen LogP contribution is 2.47. The third kappa shape index (κ3) is 3.02. The Labute approximate surface area is 176 Å². The molecule has 0 radical (unpaired) electrons. The van der Waals surface area contributed by atoms with Crippen LogP contribution >= 0.6 is 0 Å². The van der Waals surface area contributed by atoms with Crippen molar-refractivity contribution in [1.82, 2.24) is 14.4 Å². The molecule has 3 heterocycles. The normalized spacial score (nSPS) is 23.1. The topological polar surface area (TPSA) is 50.4 Å². The van der Waals surface area contributed by atoms with E-state index in [0.29, 0.717) is 17.8 Å². The maximum Gasteiger partial charge on any atom is 0.0995 e. The van der Waals surface area contributed by atoms with Crippen LogP contribution in [0.3, 0.4) is 0 Å². The smallest absolute Gasteiger partial charge is 0.0995 e. The van der Waals surface area contributed by atoms with E-state index in [1.807, 2.05) is 18.7 Å². The molecule has 0 bridgehead atoms. The average Bonchev–Trinajstić information content (AvgIpc) is 3.54. The highest BCUT2D eigenvalue weighted by Gasteiger charge is 2.34. The lowest BCUT2D eigenvalue weighted by Crippen LogP contribution is -2.22. The van der Waals surface area contributed by atoms with E-state index in [0.717, 1.165) is 42.4 Å². The van der Waals surface area contributed by atoms with Crippen LogP contribution in [0.2, 0.25) is 0 Å².